The first-order valence-corrected chi connectivity index (χ1v) is 7.14. The number of hydrogen-bond acceptors (Lipinski definition) is 3. The third-order valence-electron chi connectivity index (χ3n) is 4.11. The van der Waals surface area contributed by atoms with Gasteiger partial charge in [-0.15, -0.1) is 0 Å². The molecule has 0 amide bonds. The quantitative estimate of drug-likeness (QED) is 0.921. The Bertz CT molecular complexity index is 716. The monoisotopic (exact) mass is 285 g/mol. The van der Waals surface area contributed by atoms with E-state index in [0.29, 0.717) is 5.82 Å². The molecule has 0 radical (unpaired) electrons. The fraction of sp³-hybridized carbons (Fsp3) is 0.438. The summed E-state index contributed by atoms with van der Waals surface area (Å²) in [6.45, 7) is 6.40. The van der Waals surface area contributed by atoms with E-state index in [-0.39, 0.29) is 11.1 Å². The van der Waals surface area contributed by atoms with E-state index in [0.717, 1.165) is 36.1 Å². The zero-order chi connectivity index (χ0) is 15.2. The first-order valence-electron chi connectivity index (χ1n) is 7.14. The Morgan fingerprint density at radius 3 is 2.86 bits per heavy atom. The zero-order valence-corrected chi connectivity index (χ0v) is 12.6. The largest absolute Gasteiger partial charge is 0.476 e. The maximum absolute atomic E-state index is 11.4. The van der Waals surface area contributed by atoms with Crippen LogP contribution in [0, 0.1) is 12.3 Å². The molecule has 0 aliphatic heterocycles. The van der Waals surface area contributed by atoms with Crippen molar-refractivity contribution in [3.8, 4) is 5.82 Å². The molecule has 0 atom stereocenters. The number of pyridine rings is 1. The van der Waals surface area contributed by atoms with Gasteiger partial charge in [0.1, 0.15) is 0 Å². The number of nitrogens with zero attached hydrogens (tertiary/aromatic N) is 3. The number of rotatable bonds is 2. The average Bonchev–Trinajstić information content (AvgIpc) is 2.76. The second-order valence-corrected chi connectivity index (χ2v) is 6.52. The number of aromatic nitrogens is 3. The fourth-order valence-corrected chi connectivity index (χ4v) is 2.93. The van der Waals surface area contributed by atoms with Crippen molar-refractivity contribution in [3.63, 3.8) is 0 Å². The Labute approximate surface area is 123 Å². The number of aromatic carboxylic acids is 1. The summed E-state index contributed by atoms with van der Waals surface area (Å²) in [5.74, 6) is -0.270. The Morgan fingerprint density at radius 2 is 2.19 bits per heavy atom. The van der Waals surface area contributed by atoms with Crippen LogP contribution in [0.5, 0.6) is 0 Å². The molecule has 0 saturated carbocycles. The van der Waals surface area contributed by atoms with Crippen LogP contribution in [0.2, 0.25) is 0 Å². The lowest BCUT2D eigenvalue weighted by atomic mass is 9.76. The molecule has 21 heavy (non-hydrogen) atoms. The molecule has 1 N–H and O–H groups in total. The van der Waals surface area contributed by atoms with Gasteiger partial charge in [0, 0.05) is 11.8 Å². The number of fused-ring (bicyclic) bond motifs is 1. The van der Waals surface area contributed by atoms with Gasteiger partial charge in [0.2, 0.25) is 0 Å². The maximum atomic E-state index is 11.4. The molecule has 0 spiro atoms. The Morgan fingerprint density at radius 1 is 1.43 bits per heavy atom. The summed E-state index contributed by atoms with van der Waals surface area (Å²) in [5, 5.41) is 13.7. The molecule has 0 fully saturated rings. The smallest absolute Gasteiger partial charge is 0.356 e. The second-order valence-electron chi connectivity index (χ2n) is 6.52. The van der Waals surface area contributed by atoms with Gasteiger partial charge in [0.25, 0.3) is 0 Å². The van der Waals surface area contributed by atoms with Crippen molar-refractivity contribution in [2.45, 2.75) is 40.0 Å². The predicted molar refractivity (Wildman–Crippen MR) is 78.9 cm³/mol. The summed E-state index contributed by atoms with van der Waals surface area (Å²) in [6.07, 6.45) is 4.29. The Hall–Kier alpha value is -2.17. The van der Waals surface area contributed by atoms with E-state index in [9.17, 15) is 9.90 Å². The summed E-state index contributed by atoms with van der Waals surface area (Å²) >= 11 is 0. The highest BCUT2D eigenvalue weighted by Crippen LogP contribution is 2.36. The van der Waals surface area contributed by atoms with Crippen LogP contribution >= 0.6 is 0 Å². The van der Waals surface area contributed by atoms with Gasteiger partial charge in [-0.25, -0.2) is 14.5 Å². The van der Waals surface area contributed by atoms with Crippen LogP contribution in [0.4, 0.5) is 0 Å². The molecule has 0 saturated heterocycles. The van der Waals surface area contributed by atoms with E-state index in [1.165, 1.54) is 0 Å². The first kappa shape index (κ1) is 13.8. The van der Waals surface area contributed by atoms with E-state index in [1.807, 2.05) is 19.1 Å². The van der Waals surface area contributed by atoms with Crippen molar-refractivity contribution in [1.82, 2.24) is 14.8 Å². The third-order valence-corrected chi connectivity index (χ3v) is 4.11. The molecule has 0 aromatic carbocycles. The molecule has 2 aromatic heterocycles. The molecule has 5 heteroatoms. The summed E-state index contributed by atoms with van der Waals surface area (Å²) in [4.78, 5) is 15.8. The molecular weight excluding hydrogens is 266 g/mol. The zero-order valence-electron chi connectivity index (χ0n) is 12.6. The SMILES string of the molecule is Cc1ccnc(-n2nc(C(=O)O)c3c2CC(C)(C)CC3)c1. The van der Waals surface area contributed by atoms with Gasteiger partial charge in [0.05, 0.1) is 5.69 Å². The summed E-state index contributed by atoms with van der Waals surface area (Å²) in [5.41, 5.74) is 3.26. The fourth-order valence-electron chi connectivity index (χ4n) is 2.93. The van der Waals surface area contributed by atoms with E-state index in [2.05, 4.69) is 23.9 Å². The number of aryl methyl sites for hydroxylation is 1. The van der Waals surface area contributed by atoms with Gasteiger partial charge in [-0.1, -0.05) is 13.8 Å². The minimum absolute atomic E-state index is 0.157. The highest BCUT2D eigenvalue weighted by atomic mass is 16.4. The van der Waals surface area contributed by atoms with Crippen LogP contribution < -0.4 is 0 Å². The van der Waals surface area contributed by atoms with Crippen molar-refractivity contribution in [1.29, 1.82) is 0 Å². The maximum Gasteiger partial charge on any atom is 0.356 e. The summed E-state index contributed by atoms with van der Waals surface area (Å²) in [6, 6.07) is 3.85. The van der Waals surface area contributed by atoms with E-state index in [1.54, 1.807) is 10.9 Å². The molecule has 0 unspecified atom stereocenters. The lowest BCUT2D eigenvalue weighted by Gasteiger charge is -2.29. The van der Waals surface area contributed by atoms with Crippen LogP contribution in [0.1, 0.15) is 47.6 Å². The van der Waals surface area contributed by atoms with Crippen LogP contribution in [0.25, 0.3) is 5.82 Å². The third kappa shape index (κ3) is 2.44. The minimum atomic E-state index is -0.961. The molecule has 2 aromatic rings. The number of carboxylic acid groups (broad SMARTS) is 1. The molecular formula is C16H19N3O2. The molecule has 2 heterocycles. The average molecular weight is 285 g/mol. The normalized spacial score (nSPS) is 16.5. The summed E-state index contributed by atoms with van der Waals surface area (Å²) < 4.78 is 1.71. The standard InChI is InChI=1S/C16H19N3O2/c1-10-5-7-17-13(8-10)19-12-9-16(2,3)6-4-11(12)14(18-19)15(20)21/h5,7-8H,4,6,9H2,1-3H3,(H,20,21). The van der Waals surface area contributed by atoms with Crippen LogP contribution in [-0.2, 0) is 12.8 Å². The molecule has 3 rings (SSSR count). The highest BCUT2D eigenvalue weighted by Gasteiger charge is 2.33. The van der Waals surface area contributed by atoms with Crippen molar-refractivity contribution in [2.24, 2.45) is 5.41 Å². The lowest BCUT2D eigenvalue weighted by Crippen LogP contribution is -2.24. The Kier molecular flexibility index (Phi) is 3.08. The van der Waals surface area contributed by atoms with Crippen molar-refractivity contribution >= 4 is 5.97 Å². The molecule has 0 bridgehead atoms. The van der Waals surface area contributed by atoms with Crippen molar-refractivity contribution in [3.05, 3.63) is 40.8 Å². The van der Waals surface area contributed by atoms with E-state index < -0.39 is 5.97 Å². The van der Waals surface area contributed by atoms with Gasteiger partial charge >= 0.3 is 5.97 Å². The van der Waals surface area contributed by atoms with Gasteiger partial charge in [-0.2, -0.15) is 5.10 Å². The van der Waals surface area contributed by atoms with Crippen LogP contribution in [0.3, 0.4) is 0 Å². The van der Waals surface area contributed by atoms with Gasteiger partial charge < -0.3 is 5.11 Å². The van der Waals surface area contributed by atoms with Gasteiger partial charge in [-0.05, 0) is 49.3 Å². The lowest BCUT2D eigenvalue weighted by molar-refractivity contribution is 0.0688. The molecule has 1 aliphatic rings. The second kappa shape index (κ2) is 4.69. The van der Waals surface area contributed by atoms with Gasteiger partial charge in [0.15, 0.2) is 11.5 Å². The minimum Gasteiger partial charge on any atom is -0.476 e. The first-order chi connectivity index (χ1) is 9.87. The van der Waals surface area contributed by atoms with Crippen LogP contribution in [-0.4, -0.2) is 25.8 Å². The van der Waals surface area contributed by atoms with Crippen LogP contribution in [0.15, 0.2) is 18.3 Å². The molecule has 5 nitrogen and oxygen atoms in total. The van der Waals surface area contributed by atoms with Gasteiger partial charge in [-0.3, -0.25) is 0 Å². The molecule has 110 valence electrons. The number of carbonyl (C=O) groups is 1. The van der Waals surface area contributed by atoms with E-state index >= 15 is 0 Å². The predicted octanol–water partition coefficient (Wildman–Crippen LogP) is 2.79. The number of hydrogen-bond donors (Lipinski definition) is 1. The molecule has 1 aliphatic carbocycles. The number of carboxylic acids is 1. The van der Waals surface area contributed by atoms with E-state index in [4.69, 9.17) is 0 Å². The van der Waals surface area contributed by atoms with Crippen molar-refractivity contribution < 1.29 is 9.90 Å². The Balaban J connectivity index is 2.19. The topological polar surface area (TPSA) is 68.0 Å². The summed E-state index contributed by atoms with van der Waals surface area (Å²) in [7, 11) is 0. The van der Waals surface area contributed by atoms with Crippen molar-refractivity contribution in [2.75, 3.05) is 0 Å². The highest BCUT2D eigenvalue weighted by molar-refractivity contribution is 5.87.